The van der Waals surface area contributed by atoms with Crippen LogP contribution in [0.25, 0.3) is 11.4 Å². The molecule has 2 heterocycles. The van der Waals surface area contributed by atoms with Gasteiger partial charge in [0.05, 0.1) is 23.3 Å². The number of aromatic nitrogens is 3. The molecule has 0 radical (unpaired) electrons. The van der Waals surface area contributed by atoms with Crippen LogP contribution >= 0.6 is 23.4 Å². The first-order chi connectivity index (χ1) is 16.3. The van der Waals surface area contributed by atoms with Crippen LogP contribution in [-0.4, -0.2) is 77.8 Å². The number of nitrogens with zero attached hydrogens (tertiary/aromatic N) is 4. The molecular weight excluding hydrogens is 498 g/mol. The van der Waals surface area contributed by atoms with Gasteiger partial charge in [-0.3, -0.25) is 9.89 Å². The van der Waals surface area contributed by atoms with E-state index in [2.05, 4.69) is 15.2 Å². The number of nitrogens with one attached hydrogen (secondary N) is 1. The van der Waals surface area contributed by atoms with Gasteiger partial charge in [-0.1, -0.05) is 41.1 Å². The van der Waals surface area contributed by atoms with E-state index in [1.54, 1.807) is 54.5 Å². The first kappa shape index (κ1) is 24.5. The summed E-state index contributed by atoms with van der Waals surface area (Å²) in [5.41, 5.74) is 1.67. The SMILES string of the molecule is COc1ccc(Cl)cc1-c1nc(SCC(=O)N2CCN(S(=O)(=O)c3ccc(C)cc3)CC2)n[nH]1. The quantitative estimate of drug-likeness (QED) is 0.476. The zero-order valence-corrected chi connectivity index (χ0v) is 21.1. The molecule has 1 aliphatic heterocycles. The first-order valence-electron chi connectivity index (χ1n) is 10.5. The Morgan fingerprint density at radius 2 is 1.85 bits per heavy atom. The van der Waals surface area contributed by atoms with Gasteiger partial charge in [0, 0.05) is 31.2 Å². The van der Waals surface area contributed by atoms with Gasteiger partial charge in [0.2, 0.25) is 21.1 Å². The number of halogens is 1. The molecule has 1 N–H and O–H groups in total. The molecule has 1 saturated heterocycles. The Labute approximate surface area is 207 Å². The normalized spacial score (nSPS) is 14.9. The van der Waals surface area contributed by atoms with Gasteiger partial charge in [-0.2, -0.15) is 4.31 Å². The Hall–Kier alpha value is -2.60. The molecule has 1 aliphatic rings. The molecule has 0 aliphatic carbocycles. The van der Waals surface area contributed by atoms with E-state index in [1.165, 1.54) is 16.1 Å². The summed E-state index contributed by atoms with van der Waals surface area (Å²) in [7, 11) is -2.01. The highest BCUT2D eigenvalue weighted by atomic mass is 35.5. The van der Waals surface area contributed by atoms with Crippen molar-refractivity contribution < 1.29 is 17.9 Å². The lowest BCUT2D eigenvalue weighted by atomic mass is 10.2. The van der Waals surface area contributed by atoms with Crippen molar-refractivity contribution in [3.8, 4) is 17.1 Å². The van der Waals surface area contributed by atoms with E-state index in [-0.39, 0.29) is 29.6 Å². The van der Waals surface area contributed by atoms with Crippen molar-refractivity contribution in [2.75, 3.05) is 39.0 Å². The zero-order chi connectivity index (χ0) is 24.3. The lowest BCUT2D eigenvalue weighted by Crippen LogP contribution is -2.50. The third kappa shape index (κ3) is 5.38. The fourth-order valence-corrected chi connectivity index (χ4v) is 5.85. The fraction of sp³-hybridized carbons (Fsp3) is 0.318. The average Bonchev–Trinajstić information content (AvgIpc) is 3.32. The third-order valence-electron chi connectivity index (χ3n) is 5.46. The van der Waals surface area contributed by atoms with Crippen LogP contribution in [0.2, 0.25) is 5.02 Å². The van der Waals surface area contributed by atoms with Crippen LogP contribution in [0, 0.1) is 6.92 Å². The second kappa shape index (κ2) is 10.3. The van der Waals surface area contributed by atoms with E-state index in [1.807, 2.05) is 6.92 Å². The van der Waals surface area contributed by atoms with Crippen LogP contribution < -0.4 is 4.74 Å². The summed E-state index contributed by atoms with van der Waals surface area (Å²) in [5, 5.41) is 7.98. The van der Waals surface area contributed by atoms with Crippen molar-refractivity contribution in [1.82, 2.24) is 24.4 Å². The van der Waals surface area contributed by atoms with Gasteiger partial charge in [0.1, 0.15) is 5.75 Å². The minimum absolute atomic E-state index is 0.0935. The minimum atomic E-state index is -3.57. The van der Waals surface area contributed by atoms with Gasteiger partial charge in [0.25, 0.3) is 0 Å². The Morgan fingerprint density at radius 1 is 1.15 bits per heavy atom. The molecule has 180 valence electrons. The number of hydrogen-bond donors (Lipinski definition) is 1. The Morgan fingerprint density at radius 3 is 2.53 bits per heavy atom. The summed E-state index contributed by atoms with van der Waals surface area (Å²) >= 11 is 7.29. The van der Waals surface area contributed by atoms with Crippen molar-refractivity contribution in [1.29, 1.82) is 0 Å². The van der Waals surface area contributed by atoms with E-state index in [9.17, 15) is 13.2 Å². The molecular formula is C22H24ClN5O4S2. The van der Waals surface area contributed by atoms with E-state index < -0.39 is 10.0 Å². The largest absolute Gasteiger partial charge is 0.496 e. The molecule has 0 spiro atoms. The molecule has 12 heteroatoms. The standard InChI is InChI=1S/C22H24ClN5O4S2/c1-15-3-6-17(7-4-15)34(30,31)28-11-9-27(10-12-28)20(29)14-33-22-24-21(25-26-22)18-13-16(23)5-8-19(18)32-2/h3-8,13H,9-12,14H2,1-2H3,(H,24,25,26). The molecule has 1 aromatic heterocycles. The maximum absolute atomic E-state index is 12.9. The van der Waals surface area contributed by atoms with E-state index in [0.717, 1.165) is 5.56 Å². The molecule has 0 atom stereocenters. The lowest BCUT2D eigenvalue weighted by Gasteiger charge is -2.34. The van der Waals surface area contributed by atoms with Gasteiger partial charge in [-0.25, -0.2) is 13.4 Å². The maximum Gasteiger partial charge on any atom is 0.243 e. The number of piperazine rings is 1. The topological polar surface area (TPSA) is 108 Å². The summed E-state index contributed by atoms with van der Waals surface area (Å²) in [4.78, 5) is 19.1. The maximum atomic E-state index is 12.9. The van der Waals surface area contributed by atoms with Gasteiger partial charge in [0.15, 0.2) is 5.82 Å². The highest BCUT2D eigenvalue weighted by Gasteiger charge is 2.30. The van der Waals surface area contributed by atoms with Crippen LogP contribution in [0.1, 0.15) is 5.56 Å². The molecule has 0 saturated carbocycles. The van der Waals surface area contributed by atoms with E-state index >= 15 is 0 Å². The van der Waals surface area contributed by atoms with Crippen LogP contribution in [0.4, 0.5) is 0 Å². The number of carbonyl (C=O) groups is 1. The number of hydrogen-bond acceptors (Lipinski definition) is 7. The number of benzene rings is 2. The second-order valence-corrected chi connectivity index (χ2v) is 11.0. The third-order valence-corrected chi connectivity index (χ3v) is 8.44. The molecule has 0 bridgehead atoms. The predicted molar refractivity (Wildman–Crippen MR) is 131 cm³/mol. The van der Waals surface area contributed by atoms with Crippen molar-refractivity contribution in [3.63, 3.8) is 0 Å². The van der Waals surface area contributed by atoms with Gasteiger partial charge < -0.3 is 9.64 Å². The molecule has 0 unspecified atom stereocenters. The number of rotatable bonds is 7. The van der Waals surface area contributed by atoms with Crippen LogP contribution in [0.5, 0.6) is 5.75 Å². The number of aromatic amines is 1. The number of H-pyrrole nitrogens is 1. The second-order valence-electron chi connectivity index (χ2n) is 7.70. The lowest BCUT2D eigenvalue weighted by molar-refractivity contribution is -0.129. The summed E-state index contributed by atoms with van der Waals surface area (Å²) < 4.78 is 32.5. The summed E-state index contributed by atoms with van der Waals surface area (Å²) in [6.07, 6.45) is 0. The van der Waals surface area contributed by atoms with Gasteiger partial charge >= 0.3 is 0 Å². The number of ether oxygens (including phenoxy) is 1. The van der Waals surface area contributed by atoms with Crippen molar-refractivity contribution >= 4 is 39.3 Å². The van der Waals surface area contributed by atoms with Crippen molar-refractivity contribution in [2.45, 2.75) is 17.0 Å². The molecule has 3 aromatic rings. The highest BCUT2D eigenvalue weighted by Crippen LogP contribution is 2.31. The molecule has 4 rings (SSSR count). The highest BCUT2D eigenvalue weighted by molar-refractivity contribution is 7.99. The number of aryl methyl sites for hydroxylation is 1. The average molecular weight is 522 g/mol. The van der Waals surface area contributed by atoms with Crippen molar-refractivity contribution in [2.24, 2.45) is 0 Å². The van der Waals surface area contributed by atoms with Gasteiger partial charge in [-0.05, 0) is 37.3 Å². The number of amides is 1. The smallest absolute Gasteiger partial charge is 0.243 e. The van der Waals surface area contributed by atoms with Crippen LogP contribution in [0.15, 0.2) is 52.5 Å². The van der Waals surface area contributed by atoms with E-state index in [0.29, 0.717) is 40.4 Å². The van der Waals surface area contributed by atoms with E-state index in [4.69, 9.17) is 16.3 Å². The minimum Gasteiger partial charge on any atom is -0.496 e. The summed E-state index contributed by atoms with van der Waals surface area (Å²) in [6.45, 7) is 3.09. The first-order valence-corrected chi connectivity index (χ1v) is 13.3. The Balaban J connectivity index is 1.32. The predicted octanol–water partition coefficient (Wildman–Crippen LogP) is 3.07. The van der Waals surface area contributed by atoms with Crippen LogP contribution in [-0.2, 0) is 14.8 Å². The Bertz CT molecular complexity index is 1270. The number of sulfonamides is 1. The monoisotopic (exact) mass is 521 g/mol. The van der Waals surface area contributed by atoms with Gasteiger partial charge in [-0.15, -0.1) is 5.10 Å². The molecule has 1 fully saturated rings. The van der Waals surface area contributed by atoms with Crippen LogP contribution in [0.3, 0.4) is 0 Å². The molecule has 2 aromatic carbocycles. The van der Waals surface area contributed by atoms with Crippen molar-refractivity contribution in [3.05, 3.63) is 53.1 Å². The molecule has 9 nitrogen and oxygen atoms in total. The Kier molecular flexibility index (Phi) is 7.46. The number of methoxy groups -OCH3 is 1. The summed E-state index contributed by atoms with van der Waals surface area (Å²) in [6, 6.07) is 12.0. The fourth-order valence-electron chi connectivity index (χ4n) is 3.55. The zero-order valence-electron chi connectivity index (χ0n) is 18.7. The molecule has 34 heavy (non-hydrogen) atoms. The molecule has 1 amide bonds. The number of carbonyl (C=O) groups excluding carboxylic acids is 1. The number of thioether (sulfide) groups is 1. The summed E-state index contributed by atoms with van der Waals surface area (Å²) in [5.74, 6) is 1.15.